The first-order valence-corrected chi connectivity index (χ1v) is 7.41. The van der Waals surface area contributed by atoms with Crippen molar-refractivity contribution in [2.75, 3.05) is 18.2 Å². The Labute approximate surface area is 137 Å². The first-order chi connectivity index (χ1) is 9.93. The van der Waals surface area contributed by atoms with Gasteiger partial charge in [0.1, 0.15) is 11.6 Å². The van der Waals surface area contributed by atoms with Crippen molar-refractivity contribution in [1.82, 2.24) is 0 Å². The van der Waals surface area contributed by atoms with Gasteiger partial charge in [-0.25, -0.2) is 4.39 Å². The van der Waals surface area contributed by atoms with Gasteiger partial charge in [0, 0.05) is 10.5 Å². The Morgan fingerprint density at radius 3 is 2.67 bits per heavy atom. The largest absolute Gasteiger partial charge is 0.495 e. The maximum absolute atomic E-state index is 13.4. The zero-order valence-electron chi connectivity index (χ0n) is 10.9. The molecule has 0 fully saturated rings. The van der Waals surface area contributed by atoms with Crippen molar-refractivity contribution in [1.29, 1.82) is 0 Å². The van der Waals surface area contributed by atoms with Gasteiger partial charge >= 0.3 is 0 Å². The number of amides is 1. The normalized spacial score (nSPS) is 10.3. The molecule has 4 nitrogen and oxygen atoms in total. The number of ether oxygens (including phenoxy) is 1. The third-order valence-electron chi connectivity index (χ3n) is 2.79. The Morgan fingerprint density at radius 1 is 1.29 bits per heavy atom. The van der Waals surface area contributed by atoms with Crippen LogP contribution in [-0.4, -0.2) is 13.0 Å². The van der Waals surface area contributed by atoms with E-state index in [0.717, 1.165) is 4.47 Å². The van der Waals surface area contributed by atoms with Crippen LogP contribution in [0.1, 0.15) is 10.4 Å². The molecule has 0 aliphatic rings. The van der Waals surface area contributed by atoms with E-state index in [1.807, 2.05) is 0 Å². The second-order valence-corrected chi connectivity index (χ2v) is 5.83. The maximum atomic E-state index is 13.4. The van der Waals surface area contributed by atoms with Crippen LogP contribution in [0.15, 0.2) is 39.3 Å². The number of benzene rings is 2. The molecule has 0 saturated carbocycles. The number of carbonyl (C=O) groups excluding carboxylic acids is 1. The molecule has 0 aliphatic carbocycles. The zero-order valence-corrected chi connectivity index (χ0v) is 14.1. The number of halogens is 3. The second kappa shape index (κ2) is 6.44. The van der Waals surface area contributed by atoms with Gasteiger partial charge in [-0.15, -0.1) is 0 Å². The number of hydrogen-bond acceptors (Lipinski definition) is 3. The van der Waals surface area contributed by atoms with Gasteiger partial charge in [0.25, 0.3) is 5.91 Å². The molecule has 2 aromatic carbocycles. The van der Waals surface area contributed by atoms with Gasteiger partial charge in [-0.05, 0) is 50.1 Å². The number of anilines is 2. The molecule has 7 heteroatoms. The molecular formula is C14H11Br2FN2O2. The Bertz CT molecular complexity index is 708. The third-order valence-corrected chi connectivity index (χ3v) is 4.06. The third kappa shape index (κ3) is 3.36. The minimum Gasteiger partial charge on any atom is -0.495 e. The van der Waals surface area contributed by atoms with Crippen LogP contribution in [0.5, 0.6) is 5.75 Å². The molecule has 0 spiro atoms. The monoisotopic (exact) mass is 416 g/mol. The number of carbonyl (C=O) groups is 1. The molecule has 0 bridgehead atoms. The van der Waals surface area contributed by atoms with E-state index < -0.39 is 11.7 Å². The summed E-state index contributed by atoms with van der Waals surface area (Å²) in [4.78, 5) is 12.2. The number of methoxy groups -OCH3 is 1. The van der Waals surface area contributed by atoms with Gasteiger partial charge in [0.15, 0.2) is 0 Å². The summed E-state index contributed by atoms with van der Waals surface area (Å²) in [5, 5.41) is 2.66. The van der Waals surface area contributed by atoms with Gasteiger partial charge in [0.05, 0.1) is 28.5 Å². The van der Waals surface area contributed by atoms with Crippen molar-refractivity contribution in [3.63, 3.8) is 0 Å². The molecule has 2 aromatic rings. The number of para-hydroxylation sites is 1. The van der Waals surface area contributed by atoms with Gasteiger partial charge < -0.3 is 15.8 Å². The predicted octanol–water partition coefficient (Wildman–Crippen LogP) is 4.19. The Balaban J connectivity index is 2.34. The highest BCUT2D eigenvalue weighted by Crippen LogP contribution is 2.35. The number of rotatable bonds is 3. The Hall–Kier alpha value is -1.60. The van der Waals surface area contributed by atoms with Crippen LogP contribution >= 0.6 is 31.9 Å². The van der Waals surface area contributed by atoms with Crippen molar-refractivity contribution in [3.8, 4) is 5.75 Å². The highest BCUT2D eigenvalue weighted by atomic mass is 79.9. The second-order valence-electron chi connectivity index (χ2n) is 4.12. The van der Waals surface area contributed by atoms with Crippen LogP contribution < -0.4 is 15.8 Å². The summed E-state index contributed by atoms with van der Waals surface area (Å²) in [5.74, 6) is -0.576. The van der Waals surface area contributed by atoms with E-state index in [1.165, 1.54) is 25.3 Å². The van der Waals surface area contributed by atoms with Crippen LogP contribution in [0.4, 0.5) is 15.8 Å². The molecule has 0 aliphatic heterocycles. The number of nitrogens with two attached hydrogens (primary N) is 1. The molecule has 0 heterocycles. The molecule has 110 valence electrons. The van der Waals surface area contributed by atoms with Crippen molar-refractivity contribution in [2.45, 2.75) is 0 Å². The van der Waals surface area contributed by atoms with Crippen molar-refractivity contribution in [3.05, 3.63) is 50.7 Å². The Morgan fingerprint density at radius 2 is 2.00 bits per heavy atom. The van der Waals surface area contributed by atoms with Crippen molar-refractivity contribution in [2.24, 2.45) is 0 Å². The van der Waals surface area contributed by atoms with E-state index >= 15 is 0 Å². The number of nitrogen functional groups attached to an aromatic ring is 1. The molecule has 21 heavy (non-hydrogen) atoms. The van der Waals surface area contributed by atoms with E-state index in [-0.39, 0.29) is 11.3 Å². The Kier molecular flexibility index (Phi) is 4.84. The van der Waals surface area contributed by atoms with Gasteiger partial charge in [0.2, 0.25) is 0 Å². The lowest BCUT2D eigenvalue weighted by molar-refractivity contribution is 0.102. The summed E-state index contributed by atoms with van der Waals surface area (Å²) in [6.07, 6.45) is 0. The van der Waals surface area contributed by atoms with E-state index in [2.05, 4.69) is 37.2 Å². The lowest BCUT2D eigenvalue weighted by Gasteiger charge is -2.12. The fraction of sp³-hybridized carbons (Fsp3) is 0.0714. The highest BCUT2D eigenvalue weighted by Gasteiger charge is 2.15. The fourth-order valence-electron chi connectivity index (χ4n) is 1.71. The first-order valence-electron chi connectivity index (χ1n) is 5.82. The molecule has 0 radical (unpaired) electrons. The quantitative estimate of drug-likeness (QED) is 0.735. The minimum atomic E-state index is -0.630. The lowest BCUT2D eigenvalue weighted by Crippen LogP contribution is -2.15. The van der Waals surface area contributed by atoms with Gasteiger partial charge in [-0.1, -0.05) is 6.07 Å². The predicted molar refractivity (Wildman–Crippen MR) is 87.2 cm³/mol. The summed E-state index contributed by atoms with van der Waals surface area (Å²) < 4.78 is 19.9. The van der Waals surface area contributed by atoms with Crippen LogP contribution in [0.3, 0.4) is 0 Å². The van der Waals surface area contributed by atoms with Gasteiger partial charge in [-0.3, -0.25) is 4.79 Å². The number of hydrogen-bond donors (Lipinski definition) is 2. The van der Waals surface area contributed by atoms with E-state index in [1.54, 1.807) is 12.1 Å². The lowest BCUT2D eigenvalue weighted by atomic mass is 10.1. The molecule has 0 unspecified atom stereocenters. The maximum Gasteiger partial charge on any atom is 0.257 e. The molecular weight excluding hydrogens is 407 g/mol. The van der Waals surface area contributed by atoms with E-state index in [9.17, 15) is 9.18 Å². The fourth-order valence-corrected chi connectivity index (χ4v) is 2.96. The average Bonchev–Trinajstić information content (AvgIpc) is 2.44. The van der Waals surface area contributed by atoms with E-state index in [0.29, 0.717) is 15.9 Å². The summed E-state index contributed by atoms with van der Waals surface area (Å²) in [5.41, 5.74) is 5.95. The van der Waals surface area contributed by atoms with Crippen LogP contribution in [-0.2, 0) is 0 Å². The minimum absolute atomic E-state index is 0.0729. The highest BCUT2D eigenvalue weighted by molar-refractivity contribution is 9.11. The summed E-state index contributed by atoms with van der Waals surface area (Å²) >= 11 is 6.68. The average molecular weight is 418 g/mol. The first kappa shape index (κ1) is 15.8. The summed E-state index contributed by atoms with van der Waals surface area (Å²) in [7, 11) is 1.52. The summed E-state index contributed by atoms with van der Waals surface area (Å²) in [6.45, 7) is 0. The van der Waals surface area contributed by atoms with Crippen LogP contribution in [0, 0.1) is 5.82 Å². The SMILES string of the molecule is COc1cc(NC(=O)c2cccc(F)c2N)c(Br)cc1Br. The van der Waals surface area contributed by atoms with Gasteiger partial charge in [-0.2, -0.15) is 0 Å². The van der Waals surface area contributed by atoms with Crippen molar-refractivity contribution >= 4 is 49.1 Å². The van der Waals surface area contributed by atoms with Crippen LogP contribution in [0.2, 0.25) is 0 Å². The van der Waals surface area contributed by atoms with E-state index in [4.69, 9.17) is 10.5 Å². The molecule has 0 saturated heterocycles. The standard InChI is InChI=1S/C14H11Br2FN2O2/c1-21-12-6-11(8(15)5-9(12)16)19-14(20)7-3-2-4-10(17)13(7)18/h2-6H,18H2,1H3,(H,19,20). The number of nitrogens with one attached hydrogen (secondary N) is 1. The van der Waals surface area contributed by atoms with Crippen LogP contribution in [0.25, 0.3) is 0 Å². The molecule has 0 aromatic heterocycles. The molecule has 2 rings (SSSR count). The smallest absolute Gasteiger partial charge is 0.257 e. The molecule has 3 N–H and O–H groups in total. The zero-order chi connectivity index (χ0) is 15.6. The molecule has 1 amide bonds. The topological polar surface area (TPSA) is 64.3 Å². The summed E-state index contributed by atoms with van der Waals surface area (Å²) in [6, 6.07) is 7.46. The molecule has 0 atom stereocenters. The van der Waals surface area contributed by atoms with Crippen molar-refractivity contribution < 1.29 is 13.9 Å².